The molecule has 0 amide bonds. The van der Waals surface area contributed by atoms with Gasteiger partial charge in [0.2, 0.25) is 5.69 Å². The summed E-state index contributed by atoms with van der Waals surface area (Å²) in [7, 11) is 0. The van der Waals surface area contributed by atoms with E-state index in [-0.39, 0.29) is 5.82 Å². The number of nitrogens with zero attached hydrogens (tertiary/aromatic N) is 2. The molecule has 1 aromatic heterocycles. The van der Waals surface area contributed by atoms with Crippen LogP contribution < -0.4 is 5.73 Å². The molecule has 1 heterocycles. The van der Waals surface area contributed by atoms with Gasteiger partial charge in [-0.2, -0.15) is 0 Å². The highest BCUT2D eigenvalue weighted by atomic mass is 35.5. The monoisotopic (exact) mass is 153 g/mol. The molecule has 0 radical (unpaired) electrons. The summed E-state index contributed by atoms with van der Waals surface area (Å²) < 4.78 is 0. The van der Waals surface area contributed by atoms with E-state index in [1.807, 2.05) is 0 Å². The third-order valence-electron chi connectivity index (χ3n) is 0.984. The van der Waals surface area contributed by atoms with Crippen molar-refractivity contribution in [1.82, 2.24) is 4.98 Å². The molecule has 1 aromatic rings. The molecule has 0 aliphatic rings. The quantitative estimate of drug-likeness (QED) is 0.579. The van der Waals surface area contributed by atoms with Crippen molar-refractivity contribution in [2.75, 3.05) is 5.73 Å². The van der Waals surface area contributed by atoms with Gasteiger partial charge < -0.3 is 5.73 Å². The molecule has 0 fully saturated rings. The molecule has 3 nitrogen and oxygen atoms in total. The van der Waals surface area contributed by atoms with Crippen molar-refractivity contribution in [3.8, 4) is 0 Å². The van der Waals surface area contributed by atoms with Crippen molar-refractivity contribution in [2.24, 2.45) is 0 Å². The molecule has 0 atom stereocenters. The number of halogens is 1. The van der Waals surface area contributed by atoms with Crippen LogP contribution >= 0.6 is 11.6 Å². The van der Waals surface area contributed by atoms with Crippen LogP contribution in [0.2, 0.25) is 5.02 Å². The summed E-state index contributed by atoms with van der Waals surface area (Å²) in [6.07, 6.45) is 1.38. The molecule has 0 saturated heterocycles. The van der Waals surface area contributed by atoms with E-state index in [0.717, 1.165) is 0 Å². The Morgan fingerprint density at radius 3 is 2.90 bits per heavy atom. The number of aromatic nitrogens is 1. The number of hydrogen-bond acceptors (Lipinski definition) is 2. The molecule has 10 heavy (non-hydrogen) atoms. The fraction of sp³-hybridized carbons (Fsp3) is 0. The Balaban J connectivity index is 3.20. The first kappa shape index (κ1) is 6.84. The molecule has 0 saturated carbocycles. The van der Waals surface area contributed by atoms with E-state index in [1.165, 1.54) is 12.3 Å². The van der Waals surface area contributed by atoms with Gasteiger partial charge in [0, 0.05) is 6.20 Å². The predicted molar refractivity (Wildman–Crippen MR) is 39.9 cm³/mol. The lowest BCUT2D eigenvalue weighted by atomic mass is 10.4. The van der Waals surface area contributed by atoms with Crippen molar-refractivity contribution >= 4 is 23.1 Å². The minimum atomic E-state index is 0.258. The highest BCUT2D eigenvalue weighted by Crippen LogP contribution is 2.21. The lowest BCUT2D eigenvalue weighted by Crippen LogP contribution is -1.88. The zero-order chi connectivity index (χ0) is 7.56. The molecule has 0 spiro atoms. The third-order valence-corrected chi connectivity index (χ3v) is 1.29. The Labute approximate surface area is 63.3 Å². The van der Waals surface area contributed by atoms with Crippen molar-refractivity contribution < 1.29 is 0 Å². The average Bonchev–Trinajstić information content (AvgIpc) is 1.95. The summed E-state index contributed by atoms with van der Waals surface area (Å²) in [6.45, 7) is 6.60. The molecule has 2 N–H and O–H groups in total. The van der Waals surface area contributed by atoms with Crippen LogP contribution in [-0.4, -0.2) is 4.98 Å². The van der Waals surface area contributed by atoms with Crippen LogP contribution in [0.4, 0.5) is 11.5 Å². The van der Waals surface area contributed by atoms with E-state index in [0.29, 0.717) is 10.7 Å². The fourth-order valence-electron chi connectivity index (χ4n) is 0.500. The molecule has 0 aromatic carbocycles. The van der Waals surface area contributed by atoms with E-state index in [4.69, 9.17) is 23.9 Å². The van der Waals surface area contributed by atoms with Crippen molar-refractivity contribution in [3.05, 3.63) is 28.7 Å². The van der Waals surface area contributed by atoms with Crippen LogP contribution in [0.5, 0.6) is 0 Å². The van der Waals surface area contributed by atoms with Gasteiger partial charge in [0.25, 0.3) is 0 Å². The standard InChI is InChI=1S/C6H4ClN3/c1-9-4-2-5(7)6(8)10-3-4/h2-3H,(H2,8,10). The molecule has 50 valence electrons. The van der Waals surface area contributed by atoms with E-state index in [9.17, 15) is 0 Å². The second-order valence-corrected chi connectivity index (χ2v) is 2.08. The van der Waals surface area contributed by atoms with Crippen molar-refractivity contribution in [2.45, 2.75) is 0 Å². The van der Waals surface area contributed by atoms with Crippen molar-refractivity contribution in [3.63, 3.8) is 0 Å². The van der Waals surface area contributed by atoms with Crippen molar-refractivity contribution in [1.29, 1.82) is 0 Å². The first-order valence-electron chi connectivity index (χ1n) is 2.52. The highest BCUT2D eigenvalue weighted by molar-refractivity contribution is 6.33. The molecule has 0 aliphatic carbocycles. The Bertz CT molecular complexity index is 290. The summed E-state index contributed by atoms with van der Waals surface area (Å²) in [6, 6.07) is 1.48. The predicted octanol–water partition coefficient (Wildman–Crippen LogP) is 1.87. The zero-order valence-electron chi connectivity index (χ0n) is 5.00. The summed E-state index contributed by atoms with van der Waals surface area (Å²) in [5.41, 5.74) is 5.70. The maximum atomic E-state index is 6.60. The highest BCUT2D eigenvalue weighted by Gasteiger charge is 1.97. The van der Waals surface area contributed by atoms with E-state index in [1.54, 1.807) is 0 Å². The lowest BCUT2D eigenvalue weighted by molar-refractivity contribution is 1.35. The average molecular weight is 154 g/mol. The number of anilines is 1. The molecular weight excluding hydrogens is 150 g/mol. The van der Waals surface area contributed by atoms with Gasteiger partial charge in [-0.15, -0.1) is 0 Å². The van der Waals surface area contributed by atoms with Crippen LogP contribution in [0.3, 0.4) is 0 Å². The van der Waals surface area contributed by atoms with E-state index < -0.39 is 0 Å². The van der Waals surface area contributed by atoms with Crippen LogP contribution in [0.1, 0.15) is 0 Å². The van der Waals surface area contributed by atoms with Gasteiger partial charge >= 0.3 is 0 Å². The lowest BCUT2D eigenvalue weighted by Gasteiger charge is -1.94. The molecule has 0 unspecified atom stereocenters. The summed E-state index contributed by atoms with van der Waals surface area (Å²) in [5.74, 6) is 0.258. The third kappa shape index (κ3) is 1.17. The van der Waals surface area contributed by atoms with Crippen LogP contribution in [0.25, 0.3) is 4.85 Å². The number of nitrogen functional groups attached to an aromatic ring is 1. The topological polar surface area (TPSA) is 43.3 Å². The maximum Gasteiger partial charge on any atom is 0.206 e. The van der Waals surface area contributed by atoms with Gasteiger partial charge in [-0.1, -0.05) is 11.6 Å². The number of nitrogens with two attached hydrogens (primary N) is 1. The molecule has 1 rings (SSSR count). The Morgan fingerprint density at radius 2 is 2.40 bits per heavy atom. The van der Waals surface area contributed by atoms with Gasteiger partial charge in [-0.25, -0.2) is 9.83 Å². The molecule has 4 heteroatoms. The van der Waals surface area contributed by atoms with Crippen LogP contribution in [0, 0.1) is 6.57 Å². The minimum Gasteiger partial charge on any atom is -0.383 e. The molecule has 0 bridgehead atoms. The Hall–Kier alpha value is -1.27. The van der Waals surface area contributed by atoms with E-state index in [2.05, 4.69) is 9.83 Å². The van der Waals surface area contributed by atoms with Gasteiger partial charge in [-0.3, -0.25) is 0 Å². The fourth-order valence-corrected chi connectivity index (χ4v) is 0.660. The Morgan fingerprint density at radius 1 is 1.70 bits per heavy atom. The maximum absolute atomic E-state index is 6.60. The number of rotatable bonds is 0. The summed E-state index contributed by atoms with van der Waals surface area (Å²) >= 11 is 5.56. The minimum absolute atomic E-state index is 0.258. The first-order chi connectivity index (χ1) is 4.74. The summed E-state index contributed by atoms with van der Waals surface area (Å²) in [5, 5.41) is 0.327. The SMILES string of the molecule is [C-]#[N+]c1cnc(N)c(Cl)c1. The second-order valence-electron chi connectivity index (χ2n) is 1.67. The van der Waals surface area contributed by atoms with Gasteiger partial charge in [-0.05, 0) is 6.07 Å². The number of pyridine rings is 1. The van der Waals surface area contributed by atoms with Gasteiger partial charge in [0.15, 0.2) is 0 Å². The van der Waals surface area contributed by atoms with Crippen LogP contribution in [0.15, 0.2) is 12.3 Å². The summed E-state index contributed by atoms with van der Waals surface area (Å²) in [4.78, 5) is 6.80. The smallest absolute Gasteiger partial charge is 0.206 e. The van der Waals surface area contributed by atoms with Gasteiger partial charge in [0.05, 0.1) is 11.6 Å². The largest absolute Gasteiger partial charge is 0.383 e. The zero-order valence-corrected chi connectivity index (χ0v) is 5.76. The Kier molecular flexibility index (Phi) is 1.74. The normalized spacial score (nSPS) is 8.80. The molecule has 0 aliphatic heterocycles. The second kappa shape index (κ2) is 2.54. The number of hydrogen-bond donors (Lipinski definition) is 1. The van der Waals surface area contributed by atoms with E-state index >= 15 is 0 Å². The van der Waals surface area contributed by atoms with Crippen LogP contribution in [-0.2, 0) is 0 Å². The molecular formula is C6H4ClN3. The first-order valence-corrected chi connectivity index (χ1v) is 2.90. The van der Waals surface area contributed by atoms with Gasteiger partial charge in [0.1, 0.15) is 5.82 Å².